The lowest BCUT2D eigenvalue weighted by Gasteiger charge is -2.13. The molecule has 2 aromatic carbocycles. The summed E-state index contributed by atoms with van der Waals surface area (Å²) in [5.41, 5.74) is -0.0115. The van der Waals surface area contributed by atoms with E-state index < -0.39 is 17.2 Å². The molecule has 1 heterocycles. The highest BCUT2D eigenvalue weighted by Gasteiger charge is 2.19. The van der Waals surface area contributed by atoms with E-state index in [1.165, 1.54) is 36.1 Å². The summed E-state index contributed by atoms with van der Waals surface area (Å²) in [6.07, 6.45) is 1.33. The Bertz CT molecular complexity index is 1220. The predicted molar refractivity (Wildman–Crippen MR) is 113 cm³/mol. The minimum Gasteiger partial charge on any atom is -0.488 e. The molecule has 6 nitrogen and oxygen atoms in total. The fourth-order valence-corrected chi connectivity index (χ4v) is 3.12. The van der Waals surface area contributed by atoms with Gasteiger partial charge in [-0.05, 0) is 30.3 Å². The molecule has 0 aliphatic heterocycles. The van der Waals surface area contributed by atoms with Crippen LogP contribution in [0.5, 0.6) is 5.75 Å². The van der Waals surface area contributed by atoms with Crippen molar-refractivity contribution in [1.82, 2.24) is 4.57 Å². The van der Waals surface area contributed by atoms with E-state index in [4.69, 9.17) is 21.1 Å². The smallest absolute Gasteiger partial charge is 0.268 e. The topological polar surface area (TPSA) is 81.3 Å². The van der Waals surface area contributed by atoms with Gasteiger partial charge in [0.05, 0.1) is 12.2 Å². The zero-order chi connectivity index (χ0) is 22.4. The number of ketones is 1. The number of pyridine rings is 1. The molecule has 8 heteroatoms. The van der Waals surface area contributed by atoms with Crippen molar-refractivity contribution in [2.24, 2.45) is 0 Å². The molecule has 1 aromatic heterocycles. The largest absolute Gasteiger partial charge is 0.488 e. The lowest BCUT2D eigenvalue weighted by Crippen LogP contribution is -2.25. The van der Waals surface area contributed by atoms with Crippen LogP contribution in [0.3, 0.4) is 0 Å². The summed E-state index contributed by atoms with van der Waals surface area (Å²) in [4.78, 5) is 25.5. The summed E-state index contributed by atoms with van der Waals surface area (Å²) in [6.45, 7) is 0.446. The van der Waals surface area contributed by atoms with Crippen LogP contribution in [0, 0.1) is 17.1 Å². The number of aromatic nitrogens is 1. The van der Waals surface area contributed by atoms with Gasteiger partial charge in [0.1, 0.15) is 29.8 Å². The zero-order valence-electron chi connectivity index (χ0n) is 16.6. The third-order valence-electron chi connectivity index (χ3n) is 4.53. The second kappa shape index (κ2) is 10.0. The first kappa shape index (κ1) is 22.2. The molecule has 0 saturated carbocycles. The van der Waals surface area contributed by atoms with Gasteiger partial charge in [0.25, 0.3) is 5.56 Å². The molecule has 158 valence electrons. The predicted octanol–water partition coefficient (Wildman–Crippen LogP) is 3.97. The summed E-state index contributed by atoms with van der Waals surface area (Å²) in [5.74, 6) is -1.06. The SMILES string of the molecule is COCCn1cc(C(=O)c2cc(F)ccc2OCc2ccccc2Cl)cc(C#N)c1=O. The number of rotatable bonds is 8. The van der Waals surface area contributed by atoms with Gasteiger partial charge in [-0.15, -0.1) is 0 Å². The molecule has 0 saturated heterocycles. The van der Waals surface area contributed by atoms with Crippen LogP contribution in [0.25, 0.3) is 0 Å². The maximum atomic E-state index is 14.0. The third kappa shape index (κ3) is 5.18. The van der Waals surface area contributed by atoms with Gasteiger partial charge in [0, 0.05) is 36.0 Å². The van der Waals surface area contributed by atoms with E-state index >= 15 is 0 Å². The van der Waals surface area contributed by atoms with E-state index in [2.05, 4.69) is 0 Å². The maximum absolute atomic E-state index is 14.0. The number of ether oxygens (including phenoxy) is 2. The minimum atomic E-state index is -0.623. The van der Waals surface area contributed by atoms with E-state index in [0.29, 0.717) is 10.6 Å². The molecule has 0 amide bonds. The van der Waals surface area contributed by atoms with Crippen LogP contribution in [0.4, 0.5) is 4.39 Å². The molecule has 3 aromatic rings. The number of halogens is 2. The van der Waals surface area contributed by atoms with Crippen LogP contribution in [-0.2, 0) is 17.9 Å². The number of benzene rings is 2. The molecule has 0 aliphatic carbocycles. The number of carbonyl (C=O) groups excluding carboxylic acids is 1. The second-order valence-electron chi connectivity index (χ2n) is 6.60. The Morgan fingerprint density at radius 3 is 2.71 bits per heavy atom. The molecule has 0 fully saturated rings. The van der Waals surface area contributed by atoms with Crippen LogP contribution < -0.4 is 10.3 Å². The van der Waals surface area contributed by atoms with E-state index in [1.807, 2.05) is 0 Å². The van der Waals surface area contributed by atoms with Crippen LogP contribution in [-0.4, -0.2) is 24.1 Å². The summed E-state index contributed by atoms with van der Waals surface area (Å²) in [5, 5.41) is 9.78. The number of methoxy groups -OCH3 is 1. The van der Waals surface area contributed by atoms with Gasteiger partial charge in [0.15, 0.2) is 5.78 Å². The standard InChI is InChI=1S/C23H18ClFN2O4/c1-30-9-8-27-13-17(10-16(12-26)23(27)29)22(28)19-11-18(25)6-7-21(19)31-14-15-4-2-3-5-20(15)24/h2-7,10-11,13H,8-9,14H2,1H3. The Morgan fingerprint density at radius 1 is 1.23 bits per heavy atom. The van der Waals surface area contributed by atoms with Crippen LogP contribution >= 0.6 is 11.6 Å². The van der Waals surface area contributed by atoms with E-state index in [9.17, 15) is 19.2 Å². The molecular formula is C23H18ClFN2O4. The normalized spacial score (nSPS) is 10.5. The Labute approximate surface area is 183 Å². The molecule has 0 bridgehead atoms. The monoisotopic (exact) mass is 440 g/mol. The number of nitrogens with zero attached hydrogens (tertiary/aromatic N) is 2. The van der Waals surface area contributed by atoms with E-state index in [1.54, 1.807) is 30.3 Å². The first-order valence-electron chi connectivity index (χ1n) is 9.28. The summed E-state index contributed by atoms with van der Waals surface area (Å²) >= 11 is 6.14. The number of carbonyl (C=O) groups is 1. The lowest BCUT2D eigenvalue weighted by atomic mass is 10.0. The average molecular weight is 441 g/mol. The van der Waals surface area contributed by atoms with Gasteiger partial charge >= 0.3 is 0 Å². The van der Waals surface area contributed by atoms with Gasteiger partial charge in [-0.1, -0.05) is 29.8 Å². The van der Waals surface area contributed by atoms with Crippen molar-refractivity contribution in [3.8, 4) is 11.8 Å². The molecular weight excluding hydrogens is 423 g/mol. The molecule has 0 unspecified atom stereocenters. The Kier molecular flexibility index (Phi) is 7.19. The third-order valence-corrected chi connectivity index (χ3v) is 4.90. The zero-order valence-corrected chi connectivity index (χ0v) is 17.4. The van der Waals surface area contributed by atoms with Crippen molar-refractivity contribution < 1.29 is 18.7 Å². The fraction of sp³-hybridized carbons (Fsp3) is 0.174. The Balaban J connectivity index is 1.98. The van der Waals surface area contributed by atoms with Gasteiger partial charge in [-0.2, -0.15) is 5.26 Å². The summed E-state index contributed by atoms with van der Waals surface area (Å²) in [6, 6.07) is 13.6. The van der Waals surface area contributed by atoms with E-state index in [-0.39, 0.29) is 42.2 Å². The molecule has 0 spiro atoms. The Morgan fingerprint density at radius 2 is 2.00 bits per heavy atom. The highest BCUT2D eigenvalue weighted by atomic mass is 35.5. The number of hydrogen-bond acceptors (Lipinski definition) is 5. The van der Waals surface area contributed by atoms with E-state index in [0.717, 1.165) is 6.07 Å². The number of nitriles is 1. The summed E-state index contributed by atoms with van der Waals surface area (Å²) in [7, 11) is 1.47. The summed E-state index contributed by atoms with van der Waals surface area (Å²) < 4.78 is 25.9. The Hall–Kier alpha value is -3.47. The van der Waals surface area contributed by atoms with Crippen molar-refractivity contribution in [2.75, 3.05) is 13.7 Å². The van der Waals surface area contributed by atoms with Crippen LogP contribution in [0.1, 0.15) is 27.0 Å². The van der Waals surface area contributed by atoms with Crippen molar-refractivity contribution in [3.05, 3.63) is 98.2 Å². The lowest BCUT2D eigenvalue weighted by molar-refractivity contribution is 0.103. The van der Waals surface area contributed by atoms with Crippen molar-refractivity contribution >= 4 is 17.4 Å². The molecule has 0 atom stereocenters. The van der Waals surface area contributed by atoms with Crippen LogP contribution in [0.15, 0.2) is 59.5 Å². The molecule has 0 aliphatic rings. The molecule has 0 radical (unpaired) electrons. The highest BCUT2D eigenvalue weighted by molar-refractivity contribution is 6.31. The highest BCUT2D eigenvalue weighted by Crippen LogP contribution is 2.25. The van der Waals surface area contributed by atoms with Gasteiger partial charge < -0.3 is 14.0 Å². The maximum Gasteiger partial charge on any atom is 0.268 e. The first-order chi connectivity index (χ1) is 14.9. The minimum absolute atomic E-state index is 0.0344. The fourth-order valence-electron chi connectivity index (χ4n) is 2.93. The van der Waals surface area contributed by atoms with Crippen molar-refractivity contribution in [3.63, 3.8) is 0 Å². The van der Waals surface area contributed by atoms with Crippen molar-refractivity contribution in [1.29, 1.82) is 5.26 Å². The molecule has 0 N–H and O–H groups in total. The van der Waals surface area contributed by atoms with Gasteiger partial charge in [0.2, 0.25) is 0 Å². The molecule has 31 heavy (non-hydrogen) atoms. The second-order valence-corrected chi connectivity index (χ2v) is 7.00. The first-order valence-corrected chi connectivity index (χ1v) is 9.66. The average Bonchev–Trinajstić information content (AvgIpc) is 2.78. The van der Waals surface area contributed by atoms with Gasteiger partial charge in [-0.3, -0.25) is 9.59 Å². The number of hydrogen-bond donors (Lipinski definition) is 0. The molecule has 3 rings (SSSR count). The van der Waals surface area contributed by atoms with Gasteiger partial charge in [-0.25, -0.2) is 4.39 Å². The van der Waals surface area contributed by atoms with Crippen LogP contribution in [0.2, 0.25) is 5.02 Å². The quantitative estimate of drug-likeness (QED) is 0.495. The van der Waals surface area contributed by atoms with Crippen molar-refractivity contribution in [2.45, 2.75) is 13.2 Å².